The number of rotatable bonds is 3. The molecule has 0 spiro atoms. The summed E-state index contributed by atoms with van der Waals surface area (Å²) < 4.78 is 0. The molecule has 2 nitrogen and oxygen atoms in total. The van der Waals surface area contributed by atoms with Crippen LogP contribution in [-0.2, 0) is 4.79 Å². The van der Waals surface area contributed by atoms with E-state index in [0.29, 0.717) is 17.3 Å². The zero-order valence-electron chi connectivity index (χ0n) is 11.3. The van der Waals surface area contributed by atoms with Gasteiger partial charge in [0.2, 0.25) is 5.91 Å². The van der Waals surface area contributed by atoms with Crippen molar-refractivity contribution in [3.63, 3.8) is 0 Å². The highest BCUT2D eigenvalue weighted by Crippen LogP contribution is 2.65. The minimum atomic E-state index is -0.0810. The Balaban J connectivity index is 2.08. The summed E-state index contributed by atoms with van der Waals surface area (Å²) in [6, 6.07) is 0.342. The Labute approximate surface area is 109 Å². The number of nitrogens with one attached hydrogen (secondary N) is 1. The molecular formula is C14H24ClNO. The van der Waals surface area contributed by atoms with Crippen LogP contribution in [-0.4, -0.2) is 17.8 Å². The van der Waals surface area contributed by atoms with E-state index < -0.39 is 0 Å². The lowest BCUT2D eigenvalue weighted by atomic mass is 9.69. The molecule has 0 aromatic carbocycles. The van der Waals surface area contributed by atoms with Gasteiger partial charge in [0, 0.05) is 17.8 Å². The minimum Gasteiger partial charge on any atom is -0.353 e. The Morgan fingerprint density at radius 1 is 1.47 bits per heavy atom. The smallest absolute Gasteiger partial charge is 0.224 e. The van der Waals surface area contributed by atoms with Crippen molar-refractivity contribution in [3.8, 4) is 0 Å². The second-order valence-electron chi connectivity index (χ2n) is 6.73. The Kier molecular flexibility index (Phi) is 3.22. The van der Waals surface area contributed by atoms with Gasteiger partial charge in [-0.1, -0.05) is 27.7 Å². The number of carbonyl (C=O) groups is 1. The molecule has 0 heterocycles. The average Bonchev–Trinajstić information content (AvgIpc) is 2.60. The fourth-order valence-corrected chi connectivity index (χ4v) is 3.95. The van der Waals surface area contributed by atoms with Gasteiger partial charge in [0.05, 0.1) is 0 Å². The first-order valence-corrected chi connectivity index (χ1v) is 7.22. The van der Waals surface area contributed by atoms with Crippen molar-refractivity contribution in [2.75, 3.05) is 5.88 Å². The number of halogens is 1. The predicted molar refractivity (Wildman–Crippen MR) is 71.0 cm³/mol. The first kappa shape index (κ1) is 13.2. The van der Waals surface area contributed by atoms with Crippen molar-refractivity contribution in [1.29, 1.82) is 0 Å². The van der Waals surface area contributed by atoms with Crippen molar-refractivity contribution < 1.29 is 4.79 Å². The van der Waals surface area contributed by atoms with Crippen LogP contribution in [0.25, 0.3) is 0 Å². The largest absolute Gasteiger partial charge is 0.353 e. The zero-order chi connectivity index (χ0) is 12.8. The Morgan fingerprint density at radius 3 is 2.53 bits per heavy atom. The summed E-state index contributed by atoms with van der Waals surface area (Å²) in [4.78, 5) is 12.0. The molecule has 2 aliphatic rings. The third kappa shape index (κ3) is 1.80. The van der Waals surface area contributed by atoms with E-state index in [2.05, 4.69) is 26.1 Å². The molecule has 2 bridgehead atoms. The van der Waals surface area contributed by atoms with E-state index in [9.17, 15) is 4.79 Å². The molecule has 0 saturated heterocycles. The molecule has 98 valence electrons. The van der Waals surface area contributed by atoms with E-state index in [0.717, 1.165) is 12.3 Å². The third-order valence-corrected chi connectivity index (χ3v) is 6.25. The molecule has 2 rings (SSSR count). The number of fused-ring (bicyclic) bond motifs is 2. The molecule has 0 aliphatic heterocycles. The monoisotopic (exact) mass is 257 g/mol. The normalized spacial score (nSPS) is 40.3. The van der Waals surface area contributed by atoms with Crippen LogP contribution >= 0.6 is 11.6 Å². The highest BCUT2D eigenvalue weighted by molar-refractivity contribution is 6.19. The van der Waals surface area contributed by atoms with Crippen LogP contribution in [0.1, 0.15) is 47.0 Å². The van der Waals surface area contributed by atoms with Gasteiger partial charge in [-0.2, -0.15) is 0 Å². The van der Waals surface area contributed by atoms with Gasteiger partial charge in [0.25, 0.3) is 0 Å². The van der Waals surface area contributed by atoms with Crippen molar-refractivity contribution >= 4 is 17.5 Å². The summed E-state index contributed by atoms with van der Waals surface area (Å²) in [5, 5.41) is 3.23. The fourth-order valence-electron chi connectivity index (χ4n) is 3.81. The van der Waals surface area contributed by atoms with Gasteiger partial charge in [-0.05, 0) is 36.0 Å². The summed E-state index contributed by atoms with van der Waals surface area (Å²) in [6.07, 6.45) is 3.70. The molecule has 2 saturated carbocycles. The summed E-state index contributed by atoms with van der Waals surface area (Å²) in [6.45, 7) is 8.96. The highest BCUT2D eigenvalue weighted by Gasteiger charge is 2.61. The minimum absolute atomic E-state index is 0.0810. The molecule has 0 aromatic rings. The number of alkyl halides is 1. The van der Waals surface area contributed by atoms with Gasteiger partial charge >= 0.3 is 0 Å². The molecule has 2 fully saturated rings. The van der Waals surface area contributed by atoms with Crippen LogP contribution in [0.3, 0.4) is 0 Å². The van der Waals surface area contributed by atoms with Crippen molar-refractivity contribution in [3.05, 3.63) is 0 Å². The zero-order valence-corrected chi connectivity index (χ0v) is 12.1. The van der Waals surface area contributed by atoms with Gasteiger partial charge in [0.15, 0.2) is 0 Å². The lowest BCUT2D eigenvalue weighted by Gasteiger charge is -2.39. The van der Waals surface area contributed by atoms with Crippen LogP contribution in [0.15, 0.2) is 0 Å². The van der Waals surface area contributed by atoms with Crippen LogP contribution in [0.4, 0.5) is 0 Å². The fraction of sp³-hybridized carbons (Fsp3) is 0.929. The molecule has 1 amide bonds. The number of hydrogen-bond donors (Lipinski definition) is 1. The molecule has 4 atom stereocenters. The first-order chi connectivity index (χ1) is 7.83. The van der Waals surface area contributed by atoms with Crippen molar-refractivity contribution in [1.82, 2.24) is 5.32 Å². The van der Waals surface area contributed by atoms with E-state index >= 15 is 0 Å². The molecule has 4 unspecified atom stereocenters. The standard InChI is InChI=1S/C14H24ClNO/c1-9(8-15)12(17)16-11-7-10-5-6-14(11,4)13(10,2)3/h9-11H,5-8H2,1-4H3,(H,16,17). The summed E-state index contributed by atoms with van der Waals surface area (Å²) in [5.74, 6) is 1.21. The molecule has 3 heteroatoms. The van der Waals surface area contributed by atoms with Gasteiger partial charge in [-0.25, -0.2) is 0 Å². The van der Waals surface area contributed by atoms with E-state index in [1.54, 1.807) is 0 Å². The molecule has 2 aliphatic carbocycles. The molecular weight excluding hydrogens is 234 g/mol. The highest BCUT2D eigenvalue weighted by atomic mass is 35.5. The predicted octanol–water partition coefficient (Wildman–Crippen LogP) is 3.19. The second kappa shape index (κ2) is 4.15. The Morgan fingerprint density at radius 2 is 2.12 bits per heavy atom. The maximum atomic E-state index is 12.0. The summed E-state index contributed by atoms with van der Waals surface area (Å²) in [7, 11) is 0. The number of hydrogen-bond acceptors (Lipinski definition) is 1. The van der Waals surface area contributed by atoms with Gasteiger partial charge in [-0.15, -0.1) is 11.6 Å². The summed E-state index contributed by atoms with van der Waals surface area (Å²) >= 11 is 5.74. The quantitative estimate of drug-likeness (QED) is 0.773. The molecule has 0 radical (unpaired) electrons. The lowest BCUT2D eigenvalue weighted by Crippen LogP contribution is -2.48. The van der Waals surface area contributed by atoms with Gasteiger partial charge in [-0.3, -0.25) is 4.79 Å². The van der Waals surface area contributed by atoms with Crippen molar-refractivity contribution in [2.45, 2.75) is 53.0 Å². The van der Waals surface area contributed by atoms with Crippen molar-refractivity contribution in [2.24, 2.45) is 22.7 Å². The average molecular weight is 258 g/mol. The van der Waals surface area contributed by atoms with Crippen LogP contribution in [0.5, 0.6) is 0 Å². The topological polar surface area (TPSA) is 29.1 Å². The van der Waals surface area contributed by atoms with E-state index in [4.69, 9.17) is 11.6 Å². The second-order valence-corrected chi connectivity index (χ2v) is 7.04. The molecule has 0 aromatic heterocycles. The molecule has 17 heavy (non-hydrogen) atoms. The Bertz CT molecular complexity index is 328. The van der Waals surface area contributed by atoms with Crippen LogP contribution in [0, 0.1) is 22.7 Å². The SMILES string of the molecule is CC(CCl)C(=O)NC1CC2CCC1(C)C2(C)C. The van der Waals surface area contributed by atoms with E-state index in [1.807, 2.05) is 6.92 Å². The van der Waals surface area contributed by atoms with Gasteiger partial charge < -0.3 is 5.32 Å². The number of carbonyl (C=O) groups excluding carboxylic acids is 1. The third-order valence-electron chi connectivity index (χ3n) is 5.79. The maximum absolute atomic E-state index is 12.0. The molecule has 1 N–H and O–H groups in total. The lowest BCUT2D eigenvalue weighted by molar-refractivity contribution is -0.125. The first-order valence-electron chi connectivity index (χ1n) is 6.69. The van der Waals surface area contributed by atoms with Crippen LogP contribution in [0.2, 0.25) is 0 Å². The maximum Gasteiger partial charge on any atom is 0.224 e. The number of amides is 1. The van der Waals surface area contributed by atoms with E-state index in [-0.39, 0.29) is 17.2 Å². The summed E-state index contributed by atoms with van der Waals surface area (Å²) in [5.41, 5.74) is 0.620. The van der Waals surface area contributed by atoms with E-state index in [1.165, 1.54) is 12.8 Å². The van der Waals surface area contributed by atoms with Crippen LogP contribution < -0.4 is 5.32 Å². The Hall–Kier alpha value is -0.240. The van der Waals surface area contributed by atoms with Gasteiger partial charge in [0.1, 0.15) is 0 Å².